The van der Waals surface area contributed by atoms with E-state index in [1.54, 1.807) is 39.8 Å². The van der Waals surface area contributed by atoms with Gasteiger partial charge in [-0.3, -0.25) is 9.36 Å². The summed E-state index contributed by atoms with van der Waals surface area (Å²) in [6.07, 6.45) is -0.579. The molecule has 0 bridgehead atoms. The minimum absolute atomic E-state index is 0.264. The van der Waals surface area contributed by atoms with Crippen LogP contribution in [0.5, 0.6) is 5.75 Å². The van der Waals surface area contributed by atoms with E-state index in [0.717, 1.165) is 0 Å². The van der Waals surface area contributed by atoms with Crippen molar-refractivity contribution in [2.45, 2.75) is 39.3 Å². The molecule has 33 heavy (non-hydrogen) atoms. The molecule has 3 rings (SSSR count). The maximum absolute atomic E-state index is 13.8. The van der Waals surface area contributed by atoms with Gasteiger partial charge in [0.1, 0.15) is 29.2 Å². The van der Waals surface area contributed by atoms with Gasteiger partial charge in [-0.1, -0.05) is 24.3 Å². The highest BCUT2D eigenvalue weighted by Gasteiger charge is 2.23. The molecule has 1 aromatic heterocycles. The molecule has 0 saturated carbocycles. The Morgan fingerprint density at radius 2 is 1.82 bits per heavy atom. The predicted octanol–water partition coefficient (Wildman–Crippen LogP) is 3.91. The second-order valence-electron chi connectivity index (χ2n) is 9.12. The van der Waals surface area contributed by atoms with Crippen LogP contribution in [0.2, 0.25) is 0 Å². The van der Waals surface area contributed by atoms with Gasteiger partial charge >= 0.3 is 6.09 Å². The Bertz CT molecular complexity index is 1170. The average Bonchev–Trinajstić information content (AvgIpc) is 2.72. The highest BCUT2D eigenvalue weighted by molar-refractivity contribution is 5.84. The summed E-state index contributed by atoms with van der Waals surface area (Å²) in [7, 11) is 3.92. The van der Waals surface area contributed by atoms with E-state index in [0.29, 0.717) is 41.3 Å². The lowest BCUT2D eigenvalue weighted by Gasteiger charge is -2.23. The van der Waals surface area contributed by atoms with E-state index in [1.165, 1.54) is 4.57 Å². The Balaban J connectivity index is 2.11. The molecule has 8 nitrogen and oxygen atoms in total. The molecular formula is C25H32N4O4. The van der Waals surface area contributed by atoms with Crippen molar-refractivity contribution in [2.24, 2.45) is 0 Å². The number of hydrogen-bond donors (Lipinski definition) is 1. The zero-order valence-corrected chi connectivity index (χ0v) is 20.1. The number of fused-ring (bicyclic) bond motifs is 1. The molecule has 3 aromatic rings. The van der Waals surface area contributed by atoms with Gasteiger partial charge in [-0.05, 0) is 66.1 Å². The molecule has 0 fully saturated rings. The summed E-state index contributed by atoms with van der Waals surface area (Å²) in [5.74, 6) is 0.880. The van der Waals surface area contributed by atoms with Crippen molar-refractivity contribution in [2.75, 3.05) is 27.2 Å². The lowest BCUT2D eigenvalue weighted by atomic mass is 10.2. The number of aromatic nitrogens is 2. The Morgan fingerprint density at radius 1 is 1.12 bits per heavy atom. The normalized spacial score (nSPS) is 12.6. The summed E-state index contributed by atoms with van der Waals surface area (Å²) in [4.78, 5) is 32.9. The smallest absolute Gasteiger partial charge is 0.408 e. The molecule has 1 amide bonds. The van der Waals surface area contributed by atoms with Crippen molar-refractivity contribution < 1.29 is 14.3 Å². The molecule has 0 saturated heterocycles. The van der Waals surface area contributed by atoms with Gasteiger partial charge in [-0.2, -0.15) is 0 Å². The van der Waals surface area contributed by atoms with Gasteiger partial charge in [-0.25, -0.2) is 9.78 Å². The van der Waals surface area contributed by atoms with Gasteiger partial charge in [0.25, 0.3) is 5.56 Å². The number of carbonyl (C=O) groups excluding carboxylic acids is 1. The summed E-state index contributed by atoms with van der Waals surface area (Å²) >= 11 is 0. The fraction of sp³-hybridized carbons (Fsp3) is 0.400. The summed E-state index contributed by atoms with van der Waals surface area (Å²) in [6, 6.07) is 14.0. The molecule has 176 valence electrons. The van der Waals surface area contributed by atoms with Crippen molar-refractivity contribution >= 4 is 17.0 Å². The van der Waals surface area contributed by atoms with Crippen LogP contribution in [-0.2, 0) is 4.74 Å². The summed E-state index contributed by atoms with van der Waals surface area (Å²) in [6.45, 7) is 8.31. The summed E-state index contributed by atoms with van der Waals surface area (Å²) in [5.41, 5.74) is 0.244. The first-order valence-corrected chi connectivity index (χ1v) is 10.9. The third kappa shape index (κ3) is 6.10. The van der Waals surface area contributed by atoms with E-state index < -0.39 is 17.7 Å². The van der Waals surface area contributed by atoms with Gasteiger partial charge in [-0.15, -0.1) is 0 Å². The number of alkyl carbamates (subject to hydrolysis) is 1. The molecular weight excluding hydrogens is 420 g/mol. The topological polar surface area (TPSA) is 85.7 Å². The van der Waals surface area contributed by atoms with E-state index in [1.807, 2.05) is 55.4 Å². The van der Waals surface area contributed by atoms with Gasteiger partial charge in [0.05, 0.1) is 17.2 Å². The Morgan fingerprint density at radius 3 is 2.45 bits per heavy atom. The SMILES string of the molecule is C[C@H](NC(=O)OC(C)(C)C)c1nc2cccc(OCCN(C)C)c2c(=O)n1-c1ccccc1. The number of rotatable bonds is 7. The number of hydrogen-bond acceptors (Lipinski definition) is 6. The number of amides is 1. The molecule has 0 radical (unpaired) electrons. The van der Waals surface area contributed by atoms with Crippen LogP contribution >= 0.6 is 0 Å². The first-order chi connectivity index (χ1) is 15.6. The summed E-state index contributed by atoms with van der Waals surface area (Å²) < 4.78 is 12.8. The molecule has 2 aromatic carbocycles. The Labute approximate surface area is 194 Å². The average molecular weight is 453 g/mol. The van der Waals surface area contributed by atoms with Crippen LogP contribution in [0.15, 0.2) is 53.3 Å². The second-order valence-corrected chi connectivity index (χ2v) is 9.12. The van der Waals surface area contributed by atoms with Crippen LogP contribution in [-0.4, -0.2) is 53.4 Å². The Kier molecular flexibility index (Phi) is 7.38. The minimum Gasteiger partial charge on any atom is -0.491 e. The quantitative estimate of drug-likeness (QED) is 0.585. The van der Waals surface area contributed by atoms with E-state index in [4.69, 9.17) is 14.5 Å². The molecule has 0 spiro atoms. The number of benzene rings is 2. The fourth-order valence-corrected chi connectivity index (χ4v) is 3.34. The van der Waals surface area contributed by atoms with Gasteiger partial charge in [0.15, 0.2) is 0 Å². The molecule has 0 aliphatic carbocycles. The third-order valence-corrected chi connectivity index (χ3v) is 4.82. The number of ether oxygens (including phenoxy) is 2. The zero-order chi connectivity index (χ0) is 24.2. The van der Waals surface area contributed by atoms with Gasteiger partial charge in [0.2, 0.25) is 0 Å². The van der Waals surface area contributed by atoms with Crippen LogP contribution in [0.3, 0.4) is 0 Å². The highest BCUT2D eigenvalue weighted by Crippen LogP contribution is 2.25. The molecule has 0 aliphatic heterocycles. The molecule has 1 heterocycles. The van der Waals surface area contributed by atoms with Crippen molar-refractivity contribution in [3.63, 3.8) is 0 Å². The number of carbonyl (C=O) groups is 1. The van der Waals surface area contributed by atoms with Crippen LogP contribution in [0.1, 0.15) is 39.6 Å². The molecule has 1 N–H and O–H groups in total. The fourth-order valence-electron chi connectivity index (χ4n) is 3.34. The van der Waals surface area contributed by atoms with Gasteiger partial charge in [0, 0.05) is 6.54 Å². The molecule has 0 aliphatic rings. The number of nitrogens with zero attached hydrogens (tertiary/aromatic N) is 3. The van der Waals surface area contributed by atoms with Crippen molar-refractivity contribution in [3.8, 4) is 11.4 Å². The van der Waals surface area contributed by atoms with Crippen molar-refractivity contribution in [3.05, 3.63) is 64.7 Å². The number of likely N-dealkylation sites (N-methyl/N-ethyl adjacent to an activating group) is 1. The maximum atomic E-state index is 13.8. The van der Waals surface area contributed by atoms with Gasteiger partial charge < -0.3 is 19.7 Å². The molecule has 1 atom stereocenters. The van der Waals surface area contributed by atoms with E-state index in [2.05, 4.69) is 5.32 Å². The lowest BCUT2D eigenvalue weighted by molar-refractivity contribution is 0.0505. The zero-order valence-electron chi connectivity index (χ0n) is 20.1. The highest BCUT2D eigenvalue weighted by atomic mass is 16.6. The van der Waals surface area contributed by atoms with E-state index in [-0.39, 0.29) is 5.56 Å². The Hall–Kier alpha value is -3.39. The summed E-state index contributed by atoms with van der Waals surface area (Å²) in [5, 5.41) is 3.19. The van der Waals surface area contributed by atoms with E-state index in [9.17, 15) is 9.59 Å². The van der Waals surface area contributed by atoms with Crippen LogP contribution in [0.25, 0.3) is 16.6 Å². The maximum Gasteiger partial charge on any atom is 0.408 e. The van der Waals surface area contributed by atoms with Crippen LogP contribution in [0, 0.1) is 0 Å². The van der Waals surface area contributed by atoms with Crippen molar-refractivity contribution in [1.82, 2.24) is 19.8 Å². The largest absolute Gasteiger partial charge is 0.491 e. The number of para-hydroxylation sites is 1. The lowest BCUT2D eigenvalue weighted by Crippen LogP contribution is -2.37. The minimum atomic E-state index is -0.640. The second kappa shape index (κ2) is 10.0. The van der Waals surface area contributed by atoms with Crippen LogP contribution < -0.4 is 15.6 Å². The van der Waals surface area contributed by atoms with E-state index >= 15 is 0 Å². The molecule has 8 heteroatoms. The van der Waals surface area contributed by atoms with Crippen LogP contribution in [0.4, 0.5) is 4.79 Å². The standard InChI is InChI=1S/C25H32N4O4/c1-17(26-24(31)33-25(2,3)4)22-27-19-13-10-14-20(32-16-15-28(5)6)21(19)23(30)29(22)18-11-8-7-9-12-18/h7-14,17H,15-16H2,1-6H3,(H,26,31)/t17-/m0/s1. The van der Waals surface area contributed by atoms with Crippen molar-refractivity contribution in [1.29, 1.82) is 0 Å². The first kappa shape index (κ1) is 24.3. The molecule has 0 unspecified atom stereocenters. The number of nitrogens with one attached hydrogen (secondary N) is 1. The first-order valence-electron chi connectivity index (χ1n) is 10.9. The predicted molar refractivity (Wildman–Crippen MR) is 129 cm³/mol. The third-order valence-electron chi connectivity index (χ3n) is 4.82. The monoisotopic (exact) mass is 452 g/mol.